The number of nitrogens with one attached hydrogen (secondary N) is 2. The topological polar surface area (TPSA) is 71.1 Å². The molecule has 5 nitrogen and oxygen atoms in total. The lowest BCUT2D eigenvalue weighted by molar-refractivity contribution is -0.115. The van der Waals surface area contributed by atoms with Gasteiger partial charge in [-0.05, 0) is 29.8 Å². The number of benzene rings is 1. The molecule has 2 N–H and O–H groups in total. The molecule has 0 bridgehead atoms. The molecule has 1 aliphatic rings. The summed E-state index contributed by atoms with van der Waals surface area (Å²) < 4.78 is 0. The number of fused-ring (bicyclic) bond motifs is 1. The number of carbonyl (C=O) groups is 2. The molecule has 0 saturated heterocycles. The van der Waals surface area contributed by atoms with E-state index in [-0.39, 0.29) is 11.8 Å². The second-order valence-electron chi connectivity index (χ2n) is 4.40. The summed E-state index contributed by atoms with van der Waals surface area (Å²) in [6.45, 7) is 0. The van der Waals surface area contributed by atoms with Crippen LogP contribution in [0.4, 0.5) is 11.5 Å². The van der Waals surface area contributed by atoms with Gasteiger partial charge in [0.1, 0.15) is 11.0 Å². The van der Waals surface area contributed by atoms with Crippen molar-refractivity contribution in [3.63, 3.8) is 0 Å². The van der Waals surface area contributed by atoms with E-state index in [1.165, 1.54) is 0 Å². The predicted molar refractivity (Wildman–Crippen MR) is 76.0 cm³/mol. The number of carbonyl (C=O) groups excluding carboxylic acids is 2. The van der Waals surface area contributed by atoms with Gasteiger partial charge in [-0.3, -0.25) is 9.59 Å². The monoisotopic (exact) mass is 287 g/mol. The van der Waals surface area contributed by atoms with Crippen molar-refractivity contribution in [1.29, 1.82) is 0 Å². The average molecular weight is 288 g/mol. The molecule has 0 saturated carbocycles. The molecular formula is C14H10ClN3O2. The van der Waals surface area contributed by atoms with Gasteiger partial charge in [0.2, 0.25) is 5.91 Å². The number of halogens is 1. The van der Waals surface area contributed by atoms with Gasteiger partial charge >= 0.3 is 0 Å². The summed E-state index contributed by atoms with van der Waals surface area (Å²) in [4.78, 5) is 27.4. The first kappa shape index (κ1) is 12.6. The summed E-state index contributed by atoms with van der Waals surface area (Å²) in [5, 5.41) is 5.67. The van der Waals surface area contributed by atoms with E-state index in [1.807, 2.05) is 0 Å². The average Bonchev–Trinajstić information content (AvgIpc) is 2.77. The molecule has 1 aliphatic heterocycles. The van der Waals surface area contributed by atoms with Crippen molar-refractivity contribution >= 4 is 34.9 Å². The summed E-state index contributed by atoms with van der Waals surface area (Å²) in [6, 6.07) is 10.1. The SMILES string of the molecule is O=C1Cc2ccc(C(=O)Nc3cccc(Cl)n3)cc2N1. The second-order valence-corrected chi connectivity index (χ2v) is 4.78. The highest BCUT2D eigenvalue weighted by Gasteiger charge is 2.19. The van der Waals surface area contributed by atoms with Gasteiger partial charge in [-0.25, -0.2) is 4.98 Å². The van der Waals surface area contributed by atoms with E-state index in [0.717, 1.165) is 5.56 Å². The molecule has 2 amide bonds. The third-order valence-electron chi connectivity index (χ3n) is 2.95. The first-order valence-corrected chi connectivity index (χ1v) is 6.36. The minimum Gasteiger partial charge on any atom is -0.326 e. The largest absolute Gasteiger partial charge is 0.326 e. The summed E-state index contributed by atoms with van der Waals surface area (Å²) in [5.41, 5.74) is 2.03. The fourth-order valence-electron chi connectivity index (χ4n) is 2.02. The van der Waals surface area contributed by atoms with Crippen molar-refractivity contribution in [2.45, 2.75) is 6.42 Å². The molecule has 0 unspecified atom stereocenters. The quantitative estimate of drug-likeness (QED) is 0.834. The van der Waals surface area contributed by atoms with Crippen LogP contribution in [0.5, 0.6) is 0 Å². The van der Waals surface area contributed by atoms with E-state index in [2.05, 4.69) is 15.6 Å². The van der Waals surface area contributed by atoms with Crippen LogP contribution in [0.2, 0.25) is 5.15 Å². The predicted octanol–water partition coefficient (Wildman–Crippen LogP) is 2.48. The van der Waals surface area contributed by atoms with E-state index in [4.69, 9.17) is 11.6 Å². The zero-order valence-corrected chi connectivity index (χ0v) is 11.1. The minimum atomic E-state index is -0.302. The Morgan fingerprint density at radius 1 is 1.30 bits per heavy atom. The Morgan fingerprint density at radius 2 is 2.15 bits per heavy atom. The smallest absolute Gasteiger partial charge is 0.256 e. The Hall–Kier alpha value is -2.40. The highest BCUT2D eigenvalue weighted by Crippen LogP contribution is 2.24. The Labute approximate surface area is 120 Å². The maximum atomic E-state index is 12.1. The van der Waals surface area contributed by atoms with Crippen LogP contribution in [0, 0.1) is 0 Å². The molecular weight excluding hydrogens is 278 g/mol. The van der Waals surface area contributed by atoms with Crippen LogP contribution in [-0.2, 0) is 11.2 Å². The van der Waals surface area contributed by atoms with Gasteiger partial charge in [0, 0.05) is 11.3 Å². The van der Waals surface area contributed by atoms with E-state index < -0.39 is 0 Å². The third-order valence-corrected chi connectivity index (χ3v) is 3.16. The van der Waals surface area contributed by atoms with Gasteiger partial charge in [-0.2, -0.15) is 0 Å². The zero-order chi connectivity index (χ0) is 14.1. The molecule has 20 heavy (non-hydrogen) atoms. The number of anilines is 2. The first-order valence-electron chi connectivity index (χ1n) is 5.98. The maximum absolute atomic E-state index is 12.1. The molecule has 1 aromatic heterocycles. The second kappa shape index (κ2) is 4.94. The van der Waals surface area contributed by atoms with Gasteiger partial charge in [0.05, 0.1) is 6.42 Å². The van der Waals surface area contributed by atoms with E-state index in [1.54, 1.807) is 36.4 Å². The van der Waals surface area contributed by atoms with Crippen LogP contribution in [0.15, 0.2) is 36.4 Å². The van der Waals surface area contributed by atoms with Crippen LogP contribution >= 0.6 is 11.6 Å². The van der Waals surface area contributed by atoms with Crippen LogP contribution in [-0.4, -0.2) is 16.8 Å². The number of aromatic nitrogens is 1. The molecule has 0 atom stereocenters. The Kier molecular flexibility index (Phi) is 3.12. The van der Waals surface area contributed by atoms with Gasteiger partial charge in [0.15, 0.2) is 0 Å². The van der Waals surface area contributed by atoms with Gasteiger partial charge in [-0.1, -0.05) is 23.7 Å². The van der Waals surface area contributed by atoms with Crippen molar-refractivity contribution in [2.24, 2.45) is 0 Å². The van der Waals surface area contributed by atoms with E-state index in [9.17, 15) is 9.59 Å². The molecule has 3 rings (SSSR count). The fourth-order valence-corrected chi connectivity index (χ4v) is 2.19. The van der Waals surface area contributed by atoms with E-state index >= 15 is 0 Å². The van der Waals surface area contributed by atoms with Gasteiger partial charge in [0.25, 0.3) is 5.91 Å². The van der Waals surface area contributed by atoms with Crippen molar-refractivity contribution in [1.82, 2.24) is 4.98 Å². The molecule has 0 fully saturated rings. The van der Waals surface area contributed by atoms with Crippen LogP contribution in [0.25, 0.3) is 0 Å². The number of rotatable bonds is 2. The Bertz CT molecular complexity index is 715. The molecule has 1 aromatic carbocycles. The molecule has 0 spiro atoms. The number of hydrogen-bond donors (Lipinski definition) is 2. The lowest BCUT2D eigenvalue weighted by Gasteiger charge is -2.06. The first-order chi connectivity index (χ1) is 9.61. The van der Waals surface area contributed by atoms with Gasteiger partial charge in [-0.15, -0.1) is 0 Å². The standard InChI is InChI=1S/C14H10ClN3O2/c15-11-2-1-3-12(17-11)18-14(20)9-5-4-8-7-13(19)16-10(8)6-9/h1-6H,7H2,(H,16,19)(H,17,18,20). The number of hydrogen-bond acceptors (Lipinski definition) is 3. The van der Waals surface area contributed by atoms with Gasteiger partial charge < -0.3 is 10.6 Å². The maximum Gasteiger partial charge on any atom is 0.256 e. The summed E-state index contributed by atoms with van der Waals surface area (Å²) in [7, 11) is 0. The zero-order valence-electron chi connectivity index (χ0n) is 10.3. The van der Waals surface area contributed by atoms with E-state index in [0.29, 0.717) is 28.6 Å². The van der Waals surface area contributed by atoms with Crippen LogP contribution in [0.3, 0.4) is 0 Å². The number of nitrogens with zero attached hydrogens (tertiary/aromatic N) is 1. The Balaban J connectivity index is 1.81. The number of amides is 2. The Morgan fingerprint density at radius 3 is 2.95 bits per heavy atom. The van der Waals surface area contributed by atoms with Crippen molar-refractivity contribution in [2.75, 3.05) is 10.6 Å². The number of pyridine rings is 1. The summed E-state index contributed by atoms with van der Waals surface area (Å²) >= 11 is 5.76. The van der Waals surface area contributed by atoms with Crippen molar-refractivity contribution in [3.05, 3.63) is 52.7 Å². The van der Waals surface area contributed by atoms with Crippen LogP contribution < -0.4 is 10.6 Å². The molecule has 2 aromatic rings. The minimum absolute atomic E-state index is 0.0610. The van der Waals surface area contributed by atoms with Crippen molar-refractivity contribution in [3.8, 4) is 0 Å². The highest BCUT2D eigenvalue weighted by molar-refractivity contribution is 6.29. The molecule has 100 valence electrons. The van der Waals surface area contributed by atoms with Crippen LogP contribution in [0.1, 0.15) is 15.9 Å². The summed E-state index contributed by atoms with van der Waals surface area (Å²) in [5.74, 6) is 0.0183. The lowest BCUT2D eigenvalue weighted by Crippen LogP contribution is -2.13. The summed E-state index contributed by atoms with van der Waals surface area (Å²) in [6.07, 6.45) is 0.354. The fraction of sp³-hybridized carbons (Fsp3) is 0.0714. The highest BCUT2D eigenvalue weighted by atomic mass is 35.5. The normalized spacial score (nSPS) is 12.8. The molecule has 6 heteroatoms. The third kappa shape index (κ3) is 2.48. The molecule has 2 heterocycles. The molecule has 0 aliphatic carbocycles. The lowest BCUT2D eigenvalue weighted by atomic mass is 10.1. The van der Waals surface area contributed by atoms with Crippen molar-refractivity contribution < 1.29 is 9.59 Å². The molecule has 0 radical (unpaired) electrons.